The van der Waals surface area contributed by atoms with Crippen LogP contribution in [0.3, 0.4) is 0 Å². The Morgan fingerprint density at radius 3 is 2.27 bits per heavy atom. The summed E-state index contributed by atoms with van der Waals surface area (Å²) < 4.78 is 9.80. The molecule has 0 aliphatic heterocycles. The van der Waals surface area contributed by atoms with Crippen LogP contribution in [0.1, 0.15) is 20.3 Å². The molecule has 2 unspecified atom stereocenters. The van der Waals surface area contributed by atoms with Crippen LogP contribution in [-0.4, -0.2) is 26.1 Å². The quantitative estimate of drug-likeness (QED) is 0.347. The van der Waals surface area contributed by atoms with Crippen LogP contribution in [-0.2, 0) is 19.6 Å². The number of methoxy groups -OCH3 is 2. The molecule has 0 saturated heterocycles. The van der Waals surface area contributed by atoms with Crippen LogP contribution in [0.15, 0.2) is 0 Å². The first-order valence-electron chi connectivity index (χ1n) is 3.47. The van der Waals surface area contributed by atoms with Crippen LogP contribution in [0.25, 0.3) is 0 Å². The zero-order chi connectivity index (χ0) is 8.91. The molecular formula is C7H15O4. The number of rotatable bonds is 5. The zero-order valence-electron chi connectivity index (χ0n) is 7.42. The molecule has 67 valence electrons. The second kappa shape index (κ2) is 4.66. The van der Waals surface area contributed by atoms with E-state index in [2.05, 4.69) is 4.89 Å². The molecule has 4 heteroatoms. The maximum Gasteiger partial charge on any atom is 0.204 e. The van der Waals surface area contributed by atoms with Gasteiger partial charge in [-0.2, -0.15) is 4.89 Å². The van der Waals surface area contributed by atoms with Gasteiger partial charge >= 0.3 is 0 Å². The van der Waals surface area contributed by atoms with Gasteiger partial charge in [-0.05, 0) is 19.1 Å². The van der Waals surface area contributed by atoms with Gasteiger partial charge in [0.05, 0.1) is 6.10 Å². The van der Waals surface area contributed by atoms with E-state index in [4.69, 9.17) is 9.47 Å². The van der Waals surface area contributed by atoms with Crippen molar-refractivity contribution in [2.45, 2.75) is 32.2 Å². The molecule has 0 heterocycles. The second-order valence-corrected chi connectivity index (χ2v) is 2.67. The Hall–Kier alpha value is -0.160. The van der Waals surface area contributed by atoms with Crippen molar-refractivity contribution in [2.75, 3.05) is 14.2 Å². The van der Waals surface area contributed by atoms with Gasteiger partial charge in [0.1, 0.15) is 0 Å². The summed E-state index contributed by atoms with van der Waals surface area (Å²) in [7, 11) is 3.01. The predicted molar refractivity (Wildman–Crippen MR) is 38.3 cm³/mol. The van der Waals surface area contributed by atoms with E-state index in [0.717, 1.165) is 0 Å². The molecule has 0 saturated carbocycles. The smallest absolute Gasteiger partial charge is 0.204 e. The molecule has 0 amide bonds. The largest absolute Gasteiger partial charge is 0.382 e. The molecule has 0 rings (SSSR count). The van der Waals surface area contributed by atoms with Crippen LogP contribution in [0.4, 0.5) is 0 Å². The summed E-state index contributed by atoms with van der Waals surface area (Å²) in [4.78, 5) is 3.91. The number of hydrogen-bond donors (Lipinski definition) is 0. The fraction of sp³-hybridized carbons (Fsp3) is 1.00. The van der Waals surface area contributed by atoms with E-state index >= 15 is 0 Å². The van der Waals surface area contributed by atoms with Gasteiger partial charge < -0.3 is 9.47 Å². The maximum atomic E-state index is 10.2. The molecule has 11 heavy (non-hydrogen) atoms. The Balaban J connectivity index is 3.86. The molecule has 0 aromatic carbocycles. The minimum Gasteiger partial charge on any atom is -0.382 e. The summed E-state index contributed by atoms with van der Waals surface area (Å²) in [5.41, 5.74) is 0. The fourth-order valence-corrected chi connectivity index (χ4v) is 0.757. The van der Waals surface area contributed by atoms with E-state index in [-0.39, 0.29) is 6.10 Å². The Morgan fingerprint density at radius 1 is 1.45 bits per heavy atom. The van der Waals surface area contributed by atoms with Crippen molar-refractivity contribution in [2.24, 2.45) is 0 Å². The normalized spacial score (nSPS) is 19.4. The van der Waals surface area contributed by atoms with E-state index in [1.54, 1.807) is 14.0 Å². The van der Waals surface area contributed by atoms with E-state index in [1.165, 1.54) is 7.11 Å². The van der Waals surface area contributed by atoms with Crippen molar-refractivity contribution in [3.05, 3.63) is 0 Å². The van der Waals surface area contributed by atoms with Crippen molar-refractivity contribution >= 4 is 0 Å². The third-order valence-electron chi connectivity index (χ3n) is 1.67. The molecule has 4 nitrogen and oxygen atoms in total. The highest BCUT2D eigenvalue weighted by molar-refractivity contribution is 4.64. The van der Waals surface area contributed by atoms with E-state index < -0.39 is 5.79 Å². The molecular weight excluding hydrogens is 148 g/mol. The lowest BCUT2D eigenvalue weighted by Crippen LogP contribution is -2.33. The highest BCUT2D eigenvalue weighted by Gasteiger charge is 2.28. The molecule has 0 spiro atoms. The van der Waals surface area contributed by atoms with Crippen molar-refractivity contribution in [1.29, 1.82) is 0 Å². The van der Waals surface area contributed by atoms with Gasteiger partial charge in [0, 0.05) is 20.6 Å². The van der Waals surface area contributed by atoms with Gasteiger partial charge in [-0.25, -0.2) is 0 Å². The Morgan fingerprint density at radius 2 is 2.00 bits per heavy atom. The summed E-state index contributed by atoms with van der Waals surface area (Å²) in [5, 5.41) is 10.2. The van der Waals surface area contributed by atoms with E-state index in [0.29, 0.717) is 6.42 Å². The van der Waals surface area contributed by atoms with Crippen molar-refractivity contribution < 1.29 is 19.6 Å². The molecule has 0 fully saturated rings. The monoisotopic (exact) mass is 163 g/mol. The van der Waals surface area contributed by atoms with Gasteiger partial charge in [-0.15, -0.1) is 0 Å². The van der Waals surface area contributed by atoms with Crippen molar-refractivity contribution in [3.8, 4) is 0 Å². The second-order valence-electron chi connectivity index (χ2n) is 2.67. The van der Waals surface area contributed by atoms with Gasteiger partial charge in [0.15, 0.2) is 0 Å². The average Bonchev–Trinajstić information content (AvgIpc) is 2.04. The topological polar surface area (TPSA) is 47.6 Å². The summed E-state index contributed by atoms with van der Waals surface area (Å²) in [6, 6.07) is 0. The molecule has 0 aliphatic carbocycles. The van der Waals surface area contributed by atoms with E-state index in [1.807, 2.05) is 6.92 Å². The fourth-order valence-electron chi connectivity index (χ4n) is 0.757. The molecule has 2 atom stereocenters. The van der Waals surface area contributed by atoms with Gasteiger partial charge in [0.2, 0.25) is 5.79 Å². The summed E-state index contributed by atoms with van der Waals surface area (Å²) >= 11 is 0. The lowest BCUT2D eigenvalue weighted by atomic mass is 10.1. The third-order valence-corrected chi connectivity index (χ3v) is 1.67. The van der Waals surface area contributed by atoms with Crippen molar-refractivity contribution in [3.63, 3.8) is 0 Å². The van der Waals surface area contributed by atoms with Gasteiger partial charge in [-0.1, -0.05) is 0 Å². The maximum absolute atomic E-state index is 10.2. The standard InChI is InChI=1S/C7H15O4/c1-6(9-3)5-7(2,10-4)11-8/h6H,5H2,1-4H3. The molecule has 0 aromatic heterocycles. The summed E-state index contributed by atoms with van der Waals surface area (Å²) in [6.07, 6.45) is 0.373. The number of hydrogen-bond acceptors (Lipinski definition) is 3. The Bertz CT molecular complexity index is 101. The summed E-state index contributed by atoms with van der Waals surface area (Å²) in [6.45, 7) is 3.42. The highest BCUT2D eigenvalue weighted by Crippen LogP contribution is 2.18. The first-order valence-corrected chi connectivity index (χ1v) is 3.47. The minimum atomic E-state index is -1.07. The van der Waals surface area contributed by atoms with Crippen LogP contribution < -0.4 is 0 Å². The summed E-state index contributed by atoms with van der Waals surface area (Å²) in [5.74, 6) is -1.07. The van der Waals surface area contributed by atoms with Gasteiger partial charge in [0.25, 0.3) is 0 Å². The molecule has 0 N–H and O–H groups in total. The highest BCUT2D eigenvalue weighted by atomic mass is 17.1. The lowest BCUT2D eigenvalue weighted by Gasteiger charge is -2.25. The van der Waals surface area contributed by atoms with Gasteiger partial charge in [-0.3, -0.25) is 0 Å². The number of ether oxygens (including phenoxy) is 2. The van der Waals surface area contributed by atoms with Crippen molar-refractivity contribution in [1.82, 2.24) is 0 Å². The molecule has 0 aliphatic rings. The molecule has 1 radical (unpaired) electrons. The first kappa shape index (κ1) is 10.8. The lowest BCUT2D eigenvalue weighted by molar-refractivity contribution is -0.435. The van der Waals surface area contributed by atoms with Crippen LogP contribution in [0.5, 0.6) is 0 Å². The minimum absolute atomic E-state index is 0.0473. The third kappa shape index (κ3) is 3.67. The Labute approximate surface area is 67.0 Å². The van der Waals surface area contributed by atoms with E-state index in [9.17, 15) is 5.26 Å². The Kier molecular flexibility index (Phi) is 4.60. The zero-order valence-corrected chi connectivity index (χ0v) is 7.42. The van der Waals surface area contributed by atoms with Crippen LogP contribution in [0.2, 0.25) is 0 Å². The predicted octanol–water partition coefficient (Wildman–Crippen LogP) is 1.14. The molecule has 0 aromatic rings. The first-order chi connectivity index (χ1) is 5.08. The van der Waals surface area contributed by atoms with Crippen LogP contribution in [0, 0.1) is 0 Å². The SMILES string of the molecule is COC(C)CC(C)(OC)O[O]. The molecule has 0 bridgehead atoms. The average molecular weight is 163 g/mol. The van der Waals surface area contributed by atoms with Crippen LogP contribution >= 0.6 is 0 Å².